The van der Waals surface area contributed by atoms with E-state index < -0.39 is 10.0 Å². The van der Waals surface area contributed by atoms with Crippen molar-refractivity contribution in [2.75, 3.05) is 5.32 Å². The molecule has 0 unspecified atom stereocenters. The normalized spacial score (nSPS) is 13.6. The number of anilines is 1. The number of carbonyl (C=O) groups is 1. The van der Waals surface area contributed by atoms with E-state index in [0.29, 0.717) is 27.9 Å². The fourth-order valence-electron chi connectivity index (χ4n) is 3.14. The SMILES string of the molecule is Cc1nc(C2CC2)ncc1Oc1ccc(NC(=O)Cc2ccccc2Cl)cc1S(N)(=O)=O. The molecule has 1 aromatic heterocycles. The first-order chi connectivity index (χ1) is 15.2. The number of halogens is 1. The molecule has 166 valence electrons. The Morgan fingerprint density at radius 2 is 1.97 bits per heavy atom. The Labute approximate surface area is 190 Å². The fraction of sp³-hybridized carbons (Fsp3) is 0.227. The lowest BCUT2D eigenvalue weighted by Gasteiger charge is -2.14. The minimum absolute atomic E-state index is 0.0162. The lowest BCUT2D eigenvalue weighted by atomic mass is 10.1. The first-order valence-electron chi connectivity index (χ1n) is 9.92. The molecule has 4 rings (SSSR count). The van der Waals surface area contributed by atoms with Gasteiger partial charge in [0, 0.05) is 16.6 Å². The second-order valence-corrected chi connectivity index (χ2v) is 9.51. The van der Waals surface area contributed by atoms with Crippen LogP contribution in [0.4, 0.5) is 5.69 Å². The number of nitrogens with zero attached hydrogens (tertiary/aromatic N) is 2. The van der Waals surface area contributed by atoms with Crippen molar-refractivity contribution in [3.63, 3.8) is 0 Å². The Balaban J connectivity index is 1.55. The molecule has 1 amide bonds. The van der Waals surface area contributed by atoms with Gasteiger partial charge in [0.1, 0.15) is 16.5 Å². The predicted molar refractivity (Wildman–Crippen MR) is 120 cm³/mol. The molecular formula is C22H21ClN4O4S. The van der Waals surface area contributed by atoms with Gasteiger partial charge in [-0.15, -0.1) is 0 Å². The number of amides is 1. The van der Waals surface area contributed by atoms with Gasteiger partial charge >= 0.3 is 0 Å². The highest BCUT2D eigenvalue weighted by atomic mass is 35.5. The lowest BCUT2D eigenvalue weighted by Crippen LogP contribution is -2.17. The summed E-state index contributed by atoms with van der Waals surface area (Å²) in [5.41, 5.74) is 1.51. The number of carbonyl (C=O) groups excluding carboxylic acids is 1. The monoisotopic (exact) mass is 472 g/mol. The topological polar surface area (TPSA) is 124 Å². The van der Waals surface area contributed by atoms with E-state index in [0.717, 1.165) is 18.7 Å². The van der Waals surface area contributed by atoms with Crippen LogP contribution < -0.4 is 15.2 Å². The van der Waals surface area contributed by atoms with E-state index >= 15 is 0 Å². The zero-order valence-electron chi connectivity index (χ0n) is 17.2. The van der Waals surface area contributed by atoms with Crippen molar-refractivity contribution in [1.82, 2.24) is 9.97 Å². The van der Waals surface area contributed by atoms with Crippen LogP contribution in [0, 0.1) is 6.92 Å². The van der Waals surface area contributed by atoms with Crippen molar-refractivity contribution in [3.8, 4) is 11.5 Å². The van der Waals surface area contributed by atoms with Crippen LogP contribution in [0.3, 0.4) is 0 Å². The molecule has 0 atom stereocenters. The standard InChI is InChI=1S/C22H21ClN4O4S/c1-13-19(12-25-22(26-13)14-6-7-14)31-18-9-8-16(11-20(18)32(24,29)30)27-21(28)10-15-4-2-3-5-17(15)23/h2-5,8-9,11-12,14H,6-7,10H2,1H3,(H,27,28)(H2,24,29,30). The predicted octanol–water partition coefficient (Wildman–Crippen LogP) is 3.94. The summed E-state index contributed by atoms with van der Waals surface area (Å²) in [6.07, 6.45) is 3.70. The van der Waals surface area contributed by atoms with Crippen molar-refractivity contribution in [2.24, 2.45) is 5.14 Å². The Morgan fingerprint density at radius 3 is 2.62 bits per heavy atom. The van der Waals surface area contributed by atoms with Gasteiger partial charge in [-0.25, -0.2) is 23.5 Å². The maximum atomic E-state index is 12.4. The Bertz CT molecular complexity index is 1290. The quantitative estimate of drug-likeness (QED) is 0.536. The van der Waals surface area contributed by atoms with Crippen LogP contribution in [0.25, 0.3) is 0 Å². The Hall–Kier alpha value is -3.01. The van der Waals surface area contributed by atoms with E-state index in [1.54, 1.807) is 31.2 Å². The summed E-state index contributed by atoms with van der Waals surface area (Å²) in [4.78, 5) is 20.9. The molecule has 10 heteroatoms. The summed E-state index contributed by atoms with van der Waals surface area (Å²) in [6.45, 7) is 1.77. The molecule has 3 aromatic rings. The summed E-state index contributed by atoms with van der Waals surface area (Å²) in [5, 5.41) is 8.53. The van der Waals surface area contributed by atoms with Gasteiger partial charge in [0.25, 0.3) is 0 Å². The van der Waals surface area contributed by atoms with E-state index in [1.807, 2.05) is 0 Å². The number of aryl methyl sites for hydroxylation is 1. The number of hydrogen-bond donors (Lipinski definition) is 2. The highest BCUT2D eigenvalue weighted by Crippen LogP contribution is 2.39. The molecule has 0 saturated heterocycles. The third-order valence-corrected chi connectivity index (χ3v) is 6.26. The van der Waals surface area contributed by atoms with Gasteiger partial charge in [-0.3, -0.25) is 4.79 Å². The number of benzene rings is 2. The summed E-state index contributed by atoms with van der Waals surface area (Å²) < 4.78 is 30.2. The molecule has 0 spiro atoms. The average molecular weight is 473 g/mol. The molecule has 1 saturated carbocycles. The van der Waals surface area contributed by atoms with Gasteiger partial charge < -0.3 is 10.1 Å². The fourth-order valence-corrected chi connectivity index (χ4v) is 4.03. The van der Waals surface area contributed by atoms with E-state index in [2.05, 4.69) is 15.3 Å². The molecular weight excluding hydrogens is 452 g/mol. The van der Waals surface area contributed by atoms with Crippen LogP contribution in [0.2, 0.25) is 5.02 Å². The molecule has 2 aromatic carbocycles. The zero-order chi connectivity index (χ0) is 22.9. The van der Waals surface area contributed by atoms with Gasteiger partial charge in [0.2, 0.25) is 15.9 Å². The van der Waals surface area contributed by atoms with Gasteiger partial charge in [0.05, 0.1) is 18.3 Å². The van der Waals surface area contributed by atoms with Crippen LogP contribution in [-0.4, -0.2) is 24.3 Å². The number of sulfonamides is 1. The molecule has 32 heavy (non-hydrogen) atoms. The zero-order valence-corrected chi connectivity index (χ0v) is 18.8. The molecule has 8 nitrogen and oxygen atoms in total. The van der Waals surface area contributed by atoms with Gasteiger partial charge in [-0.2, -0.15) is 0 Å². The number of ether oxygens (including phenoxy) is 1. The van der Waals surface area contributed by atoms with Crippen molar-refractivity contribution < 1.29 is 17.9 Å². The third kappa shape index (κ3) is 5.24. The molecule has 0 bridgehead atoms. The van der Waals surface area contributed by atoms with Crippen LogP contribution in [0.1, 0.15) is 35.8 Å². The number of aromatic nitrogens is 2. The lowest BCUT2D eigenvalue weighted by molar-refractivity contribution is -0.115. The van der Waals surface area contributed by atoms with Crippen molar-refractivity contribution in [2.45, 2.75) is 37.0 Å². The molecule has 1 heterocycles. The Morgan fingerprint density at radius 1 is 1.22 bits per heavy atom. The smallest absolute Gasteiger partial charge is 0.241 e. The molecule has 1 fully saturated rings. The third-order valence-electron chi connectivity index (χ3n) is 4.96. The van der Waals surface area contributed by atoms with E-state index in [4.69, 9.17) is 21.5 Å². The van der Waals surface area contributed by atoms with Crippen molar-refractivity contribution in [3.05, 3.63) is 70.8 Å². The summed E-state index contributed by atoms with van der Waals surface area (Å²) in [6, 6.07) is 11.2. The summed E-state index contributed by atoms with van der Waals surface area (Å²) >= 11 is 6.09. The summed E-state index contributed by atoms with van der Waals surface area (Å²) in [7, 11) is -4.14. The molecule has 1 aliphatic rings. The maximum Gasteiger partial charge on any atom is 0.241 e. The van der Waals surface area contributed by atoms with Crippen molar-refractivity contribution in [1.29, 1.82) is 0 Å². The van der Waals surface area contributed by atoms with Crippen LogP contribution in [0.15, 0.2) is 53.6 Å². The molecule has 1 aliphatic carbocycles. The largest absolute Gasteiger partial charge is 0.452 e. The van der Waals surface area contributed by atoms with Crippen LogP contribution in [0.5, 0.6) is 11.5 Å². The highest BCUT2D eigenvalue weighted by molar-refractivity contribution is 7.89. The summed E-state index contributed by atoms with van der Waals surface area (Å²) in [5.74, 6) is 1.14. The molecule has 0 aliphatic heterocycles. The van der Waals surface area contributed by atoms with Crippen LogP contribution >= 0.6 is 11.6 Å². The maximum absolute atomic E-state index is 12.4. The minimum Gasteiger partial charge on any atom is -0.452 e. The first kappa shape index (κ1) is 22.2. The number of nitrogens with one attached hydrogen (secondary N) is 1. The average Bonchev–Trinajstić information content (AvgIpc) is 3.57. The minimum atomic E-state index is -4.14. The van der Waals surface area contributed by atoms with E-state index in [-0.39, 0.29) is 28.7 Å². The van der Waals surface area contributed by atoms with Crippen molar-refractivity contribution >= 4 is 33.2 Å². The van der Waals surface area contributed by atoms with Gasteiger partial charge in [0.15, 0.2) is 5.75 Å². The number of rotatable bonds is 7. The van der Waals surface area contributed by atoms with Crippen LogP contribution in [-0.2, 0) is 21.2 Å². The first-order valence-corrected chi connectivity index (χ1v) is 11.8. The van der Waals surface area contributed by atoms with E-state index in [1.165, 1.54) is 24.4 Å². The molecule has 3 N–H and O–H groups in total. The number of primary sulfonamides is 1. The van der Waals surface area contributed by atoms with Gasteiger partial charge in [-0.1, -0.05) is 29.8 Å². The number of hydrogen-bond acceptors (Lipinski definition) is 6. The van der Waals surface area contributed by atoms with Gasteiger partial charge in [-0.05, 0) is 49.6 Å². The Kier molecular flexibility index (Phi) is 6.14. The highest BCUT2D eigenvalue weighted by Gasteiger charge is 2.27. The molecule has 0 radical (unpaired) electrons. The second-order valence-electron chi connectivity index (χ2n) is 7.58. The number of nitrogens with two attached hydrogens (primary N) is 1. The van der Waals surface area contributed by atoms with E-state index in [9.17, 15) is 13.2 Å². The second kappa shape index (κ2) is 8.85.